The molecule has 11 heavy (non-hydrogen) atoms. The Morgan fingerprint density at radius 1 is 1.27 bits per heavy atom. The third kappa shape index (κ3) is 2.71. The van der Waals surface area contributed by atoms with Crippen molar-refractivity contribution in [2.45, 2.75) is 12.2 Å². The summed E-state index contributed by atoms with van der Waals surface area (Å²) in [5, 5.41) is 24.8. The predicted molar refractivity (Wildman–Crippen MR) is 32.0 cm³/mol. The third-order valence-electron chi connectivity index (χ3n) is 0.879. The molecular weight excluding hydrogens is 179 g/mol. The van der Waals surface area contributed by atoms with E-state index in [9.17, 15) is 9.59 Å². The molecule has 0 aromatic heterocycles. The van der Waals surface area contributed by atoms with E-state index in [1.54, 1.807) is 0 Å². The number of rotatable bonds is 4. The number of aliphatic hydroxyl groups is 1. The molecule has 0 aliphatic carbocycles. The second kappa shape index (κ2) is 4.12. The highest BCUT2D eigenvalue weighted by atomic mass is 35.5. The Balaban J connectivity index is 4.25. The molecule has 0 heterocycles. The van der Waals surface area contributed by atoms with Crippen molar-refractivity contribution in [3.63, 3.8) is 0 Å². The summed E-state index contributed by atoms with van der Waals surface area (Å²) in [5.41, 5.74) is 0. The van der Waals surface area contributed by atoms with E-state index in [1.807, 2.05) is 0 Å². The Morgan fingerprint density at radius 2 is 1.73 bits per heavy atom. The van der Waals surface area contributed by atoms with Crippen LogP contribution in [0.3, 0.4) is 0 Å². The van der Waals surface area contributed by atoms with Gasteiger partial charge in [-0.2, -0.15) is 0 Å². The maximum atomic E-state index is 10.0. The third-order valence-corrected chi connectivity index (χ3v) is 1.07. The van der Waals surface area contributed by atoms with E-state index in [2.05, 4.69) is 16.2 Å². The van der Waals surface area contributed by atoms with Gasteiger partial charge in [-0.1, -0.05) is 0 Å². The van der Waals surface area contributed by atoms with Crippen LogP contribution >= 0.6 is 11.9 Å². The fourth-order valence-corrected chi connectivity index (χ4v) is 0.525. The van der Waals surface area contributed by atoms with Crippen LogP contribution in [0, 0.1) is 0 Å². The van der Waals surface area contributed by atoms with Crippen LogP contribution in [0.15, 0.2) is 0 Å². The maximum absolute atomic E-state index is 10.0. The van der Waals surface area contributed by atoms with Gasteiger partial charge in [-0.3, -0.25) is 4.29 Å². The lowest BCUT2D eigenvalue weighted by Gasteiger charge is -2.10. The number of carboxylic acids is 2. The molecule has 0 rings (SSSR count). The van der Waals surface area contributed by atoms with Crippen molar-refractivity contribution < 1.29 is 29.2 Å². The molecule has 0 aromatic carbocycles. The van der Waals surface area contributed by atoms with Crippen LogP contribution in [-0.2, 0) is 13.9 Å². The van der Waals surface area contributed by atoms with Gasteiger partial charge in [-0.15, -0.1) is 0 Å². The van der Waals surface area contributed by atoms with Crippen LogP contribution in [0.5, 0.6) is 0 Å². The summed E-state index contributed by atoms with van der Waals surface area (Å²) >= 11 is 4.60. The lowest BCUT2D eigenvalue weighted by molar-refractivity contribution is -0.163. The Labute approximate surface area is 66.1 Å². The zero-order valence-electron chi connectivity index (χ0n) is 5.10. The van der Waals surface area contributed by atoms with Crippen LogP contribution < -0.4 is 0 Å². The molecule has 0 aliphatic heterocycles. The first-order valence-corrected chi connectivity index (χ1v) is 2.72. The van der Waals surface area contributed by atoms with Gasteiger partial charge < -0.3 is 15.3 Å². The first-order valence-electron chi connectivity index (χ1n) is 2.41. The summed E-state index contributed by atoms with van der Waals surface area (Å²) in [5.74, 6) is -3.35. The van der Waals surface area contributed by atoms with E-state index in [4.69, 9.17) is 15.3 Å². The van der Waals surface area contributed by atoms with E-state index in [1.165, 1.54) is 0 Å². The van der Waals surface area contributed by atoms with Crippen LogP contribution in [0.4, 0.5) is 0 Å². The average molecular weight is 185 g/mol. The summed E-state index contributed by atoms with van der Waals surface area (Å²) in [6.45, 7) is 0. The van der Waals surface area contributed by atoms with Crippen molar-refractivity contribution in [3.05, 3.63) is 0 Å². The summed E-state index contributed by atoms with van der Waals surface area (Å²) < 4.78 is 3.68. The van der Waals surface area contributed by atoms with Gasteiger partial charge in [0.1, 0.15) is 0 Å². The molecule has 0 radical (unpaired) electrons. The Hall–Kier alpha value is -0.850. The number of halogens is 1. The van der Waals surface area contributed by atoms with Crippen LogP contribution in [0.25, 0.3) is 0 Å². The van der Waals surface area contributed by atoms with Gasteiger partial charge >= 0.3 is 11.9 Å². The average Bonchev–Trinajstić information content (AvgIpc) is 1.88. The largest absolute Gasteiger partial charge is 0.479 e. The van der Waals surface area contributed by atoms with E-state index in [-0.39, 0.29) is 0 Å². The van der Waals surface area contributed by atoms with Crippen molar-refractivity contribution in [1.29, 1.82) is 0 Å². The van der Waals surface area contributed by atoms with Gasteiger partial charge in [-0.05, 0) is 0 Å². The Bertz CT molecular complexity index is 168. The molecule has 0 saturated carbocycles. The number of carboxylic acid groups (broad SMARTS) is 2. The molecule has 0 unspecified atom stereocenters. The zero-order valence-corrected chi connectivity index (χ0v) is 5.85. The lowest BCUT2D eigenvalue weighted by Crippen LogP contribution is -2.39. The van der Waals surface area contributed by atoms with E-state index in [0.717, 1.165) is 0 Å². The Kier molecular flexibility index (Phi) is 3.80. The van der Waals surface area contributed by atoms with Crippen LogP contribution in [-0.4, -0.2) is 39.5 Å². The second-order valence-electron chi connectivity index (χ2n) is 1.63. The summed E-state index contributed by atoms with van der Waals surface area (Å²) in [6, 6.07) is 0. The monoisotopic (exact) mass is 184 g/mol. The van der Waals surface area contributed by atoms with Crippen LogP contribution in [0.2, 0.25) is 0 Å². The first-order chi connectivity index (χ1) is 5.00. The minimum atomic E-state index is -2.16. The molecule has 0 aromatic rings. The molecule has 6 nitrogen and oxygen atoms in total. The SMILES string of the molecule is O=C(O)[C@H](O)[C@@H](OCl)C(=O)O. The summed E-state index contributed by atoms with van der Waals surface area (Å²) in [4.78, 5) is 20.0. The molecule has 2 atom stereocenters. The Morgan fingerprint density at radius 3 is 1.82 bits per heavy atom. The number of aliphatic hydroxyl groups excluding tert-OH is 1. The standard InChI is InChI=1S/C4H5ClO6/c5-11-2(4(9)10)1(6)3(7)8/h1-2,6H,(H,7,8)(H,9,10)/t1-,2-/m1/s1. The first kappa shape index (κ1) is 10.2. The van der Waals surface area contributed by atoms with Gasteiger partial charge in [-0.25, -0.2) is 9.59 Å². The van der Waals surface area contributed by atoms with Crippen molar-refractivity contribution in [1.82, 2.24) is 0 Å². The molecule has 0 aliphatic rings. The lowest BCUT2D eigenvalue weighted by atomic mass is 10.2. The molecule has 0 saturated heterocycles. The zero-order chi connectivity index (χ0) is 9.02. The summed E-state index contributed by atoms with van der Waals surface area (Å²) in [7, 11) is 0. The van der Waals surface area contributed by atoms with Crippen molar-refractivity contribution in [2.24, 2.45) is 0 Å². The maximum Gasteiger partial charge on any atom is 0.338 e. The smallest absolute Gasteiger partial charge is 0.338 e. The van der Waals surface area contributed by atoms with Gasteiger partial charge in [0.25, 0.3) is 0 Å². The molecule has 0 fully saturated rings. The van der Waals surface area contributed by atoms with E-state index in [0.29, 0.717) is 0 Å². The minimum absolute atomic E-state index is 1.64. The molecule has 3 N–H and O–H groups in total. The van der Waals surface area contributed by atoms with Crippen molar-refractivity contribution in [2.75, 3.05) is 0 Å². The second-order valence-corrected chi connectivity index (χ2v) is 1.81. The van der Waals surface area contributed by atoms with E-state index < -0.39 is 24.1 Å². The molecule has 64 valence electrons. The predicted octanol–water partition coefficient (Wildman–Crippen LogP) is -0.945. The van der Waals surface area contributed by atoms with Crippen molar-refractivity contribution >= 4 is 23.8 Å². The van der Waals surface area contributed by atoms with E-state index >= 15 is 0 Å². The van der Waals surface area contributed by atoms with Gasteiger partial charge in [0, 0.05) is 0 Å². The fourth-order valence-electron chi connectivity index (χ4n) is 0.351. The highest BCUT2D eigenvalue weighted by Gasteiger charge is 2.33. The summed E-state index contributed by atoms with van der Waals surface area (Å²) in [6.07, 6.45) is -4.11. The van der Waals surface area contributed by atoms with Crippen LogP contribution in [0.1, 0.15) is 0 Å². The highest BCUT2D eigenvalue weighted by Crippen LogP contribution is 2.02. The highest BCUT2D eigenvalue weighted by molar-refractivity contribution is 6.08. The van der Waals surface area contributed by atoms with Gasteiger partial charge in [0.15, 0.2) is 6.10 Å². The minimum Gasteiger partial charge on any atom is -0.479 e. The molecule has 0 spiro atoms. The van der Waals surface area contributed by atoms with Crippen molar-refractivity contribution in [3.8, 4) is 0 Å². The molecule has 0 bridgehead atoms. The molecular formula is C4H5ClO6. The number of hydrogen-bond acceptors (Lipinski definition) is 4. The van der Waals surface area contributed by atoms with Gasteiger partial charge in [0.05, 0.1) is 11.9 Å². The molecule has 7 heteroatoms. The number of hydrogen-bond donors (Lipinski definition) is 3. The fraction of sp³-hybridized carbons (Fsp3) is 0.500. The topological polar surface area (TPSA) is 104 Å². The van der Waals surface area contributed by atoms with Gasteiger partial charge in [0.2, 0.25) is 6.10 Å². The number of aliphatic carboxylic acids is 2. The number of carbonyl (C=O) groups is 2. The molecule has 0 amide bonds. The normalized spacial score (nSPS) is 15.5. The quantitative estimate of drug-likeness (QED) is 0.521.